The van der Waals surface area contributed by atoms with E-state index < -0.39 is 0 Å². The molecule has 0 saturated heterocycles. The maximum Gasteiger partial charge on any atom is 0.275 e. The van der Waals surface area contributed by atoms with E-state index >= 15 is 0 Å². The van der Waals surface area contributed by atoms with E-state index in [-0.39, 0.29) is 5.91 Å². The van der Waals surface area contributed by atoms with Gasteiger partial charge in [-0.15, -0.1) is 0 Å². The number of carbonyl (C=O) groups is 1. The van der Waals surface area contributed by atoms with Gasteiger partial charge in [0, 0.05) is 15.0 Å². The van der Waals surface area contributed by atoms with Gasteiger partial charge in [-0.3, -0.25) is 9.42 Å². The molecule has 110 valence electrons. The molecule has 3 nitrogen and oxygen atoms in total. The summed E-state index contributed by atoms with van der Waals surface area (Å²) in [5.74, 6) is -0.236. The summed E-state index contributed by atoms with van der Waals surface area (Å²) in [4.78, 5) is 11.5. The smallest absolute Gasteiger partial charge is 0.267 e. The zero-order valence-corrected chi connectivity index (χ0v) is 13.1. The van der Waals surface area contributed by atoms with Gasteiger partial charge in [-0.2, -0.15) is 0 Å². The molecule has 21 heavy (non-hydrogen) atoms. The molecule has 2 rings (SSSR count). The van der Waals surface area contributed by atoms with Gasteiger partial charge in [-0.05, 0) is 48.9 Å². The van der Waals surface area contributed by atoms with Crippen molar-refractivity contribution >= 4 is 15.4 Å². The number of hydroxylamine groups is 1. The number of unbranched alkanes of at least 4 members (excludes halogenated alkanes) is 1. The molecule has 4 heteroatoms. The Morgan fingerprint density at radius 1 is 0.905 bits per heavy atom. The first-order valence-electron chi connectivity index (χ1n) is 7.08. The Hall–Kier alpha value is -1.70. The lowest BCUT2D eigenvalue weighted by Gasteiger charge is -2.05. The van der Waals surface area contributed by atoms with Crippen LogP contribution in [0, 0.1) is 0 Å². The van der Waals surface area contributed by atoms with Crippen molar-refractivity contribution in [2.75, 3.05) is 0 Å². The molecule has 0 aliphatic rings. The minimum atomic E-state index is -0.236. The average molecular weight is 301 g/mol. The van der Waals surface area contributed by atoms with E-state index in [0.717, 1.165) is 19.3 Å². The second-order valence-electron chi connectivity index (χ2n) is 4.94. The van der Waals surface area contributed by atoms with Crippen molar-refractivity contribution < 1.29 is 9.42 Å². The predicted octanol–water partition coefficient (Wildman–Crippen LogP) is 3.70. The van der Waals surface area contributed by atoms with Gasteiger partial charge in [0.25, 0.3) is 5.91 Å². The van der Waals surface area contributed by atoms with E-state index in [9.17, 15) is 4.79 Å². The largest absolute Gasteiger partial charge is 0.275 e. The molecule has 0 fully saturated rings. The molecular formula is C17H20NO2P. The summed E-state index contributed by atoms with van der Waals surface area (Å²) in [6.45, 7) is 0. The summed E-state index contributed by atoms with van der Waals surface area (Å²) in [5.41, 5.74) is 5.52. The van der Waals surface area contributed by atoms with E-state index in [0.29, 0.717) is 5.56 Å². The van der Waals surface area contributed by atoms with Crippen molar-refractivity contribution in [3.8, 4) is 0 Å². The van der Waals surface area contributed by atoms with E-state index in [1.54, 1.807) is 0 Å². The molecule has 1 N–H and O–H groups in total. The molecule has 0 spiro atoms. The van der Waals surface area contributed by atoms with Gasteiger partial charge in [-0.25, -0.2) is 5.48 Å². The Morgan fingerprint density at radius 3 is 2.05 bits per heavy atom. The number of amides is 1. The monoisotopic (exact) mass is 301 g/mol. The van der Waals surface area contributed by atoms with Crippen LogP contribution in [-0.2, 0) is 17.5 Å². The van der Waals surface area contributed by atoms with Gasteiger partial charge in [0.2, 0.25) is 0 Å². The Kier molecular flexibility index (Phi) is 6.39. The highest BCUT2D eigenvalue weighted by atomic mass is 31.0. The number of carbonyl (C=O) groups excluding carboxylic acids is 1. The quantitative estimate of drug-likeness (QED) is 0.481. The molecule has 1 amide bonds. The molecule has 2 aromatic carbocycles. The molecule has 0 radical (unpaired) electrons. The van der Waals surface area contributed by atoms with Gasteiger partial charge in [0.15, 0.2) is 0 Å². The number of rotatable bonds is 7. The second kappa shape index (κ2) is 8.56. The number of benzene rings is 2. The highest BCUT2D eigenvalue weighted by Gasteiger charge is 2.04. The molecule has 0 bridgehead atoms. The Morgan fingerprint density at radius 2 is 1.48 bits per heavy atom. The van der Waals surface area contributed by atoms with Crippen molar-refractivity contribution in [2.45, 2.75) is 25.7 Å². The van der Waals surface area contributed by atoms with Crippen LogP contribution in [0.1, 0.15) is 34.3 Å². The van der Waals surface area contributed by atoms with Crippen LogP contribution in [0.2, 0.25) is 0 Å². The summed E-state index contributed by atoms with van der Waals surface area (Å²) in [6.07, 6.45) is 4.48. The van der Waals surface area contributed by atoms with Gasteiger partial charge < -0.3 is 0 Å². The maximum atomic E-state index is 11.5. The highest BCUT2D eigenvalue weighted by molar-refractivity contribution is 7.09. The van der Waals surface area contributed by atoms with Crippen molar-refractivity contribution in [1.82, 2.24) is 5.48 Å². The molecule has 0 saturated carbocycles. The topological polar surface area (TPSA) is 38.3 Å². The fraction of sp³-hybridized carbons (Fsp3) is 0.235. The molecule has 0 aromatic heterocycles. The summed E-state index contributed by atoms with van der Waals surface area (Å²) >= 11 is 0. The van der Waals surface area contributed by atoms with Crippen LogP contribution in [0.4, 0.5) is 0 Å². The normalized spacial score (nSPS) is 10.3. The van der Waals surface area contributed by atoms with Crippen molar-refractivity contribution in [1.29, 1.82) is 0 Å². The lowest BCUT2D eigenvalue weighted by molar-refractivity contribution is 0.0795. The minimum absolute atomic E-state index is 0.236. The molecule has 0 aliphatic carbocycles. The predicted molar refractivity (Wildman–Crippen MR) is 87.8 cm³/mol. The Bertz CT molecular complexity index is 555. The lowest BCUT2D eigenvalue weighted by Crippen LogP contribution is -2.19. The first-order valence-corrected chi connectivity index (χ1v) is 7.55. The summed E-state index contributed by atoms with van der Waals surface area (Å²) in [6, 6.07) is 18.2. The van der Waals surface area contributed by atoms with Gasteiger partial charge in [0.05, 0.1) is 0 Å². The Balaban J connectivity index is 1.75. The van der Waals surface area contributed by atoms with Crippen molar-refractivity contribution in [3.63, 3.8) is 0 Å². The fourth-order valence-electron chi connectivity index (χ4n) is 2.24. The average Bonchev–Trinajstić information content (AvgIpc) is 2.53. The Labute approximate surface area is 128 Å². The van der Waals surface area contributed by atoms with Crippen LogP contribution in [0.3, 0.4) is 0 Å². The molecular weight excluding hydrogens is 281 g/mol. The summed E-state index contributed by atoms with van der Waals surface area (Å²) in [7, 11) is 1.99. The molecule has 0 heterocycles. The molecule has 1 atom stereocenters. The first-order chi connectivity index (χ1) is 10.3. The first kappa shape index (κ1) is 15.7. The summed E-state index contributed by atoms with van der Waals surface area (Å²) in [5, 5.41) is 0. The fourth-order valence-corrected chi connectivity index (χ4v) is 2.35. The SMILES string of the molecule is O=C(NOP)c1ccc(CCCCc2ccccc2)cc1. The number of nitrogens with one attached hydrogen (secondary N) is 1. The van der Waals surface area contributed by atoms with E-state index in [2.05, 4.69) is 34.4 Å². The van der Waals surface area contributed by atoms with Gasteiger partial charge in [-0.1, -0.05) is 42.5 Å². The van der Waals surface area contributed by atoms with Gasteiger partial charge in [0.1, 0.15) is 0 Å². The number of hydrogen-bond acceptors (Lipinski definition) is 2. The number of aryl methyl sites for hydroxylation is 2. The summed E-state index contributed by atoms with van der Waals surface area (Å²) < 4.78 is 4.53. The maximum absolute atomic E-state index is 11.5. The molecule has 2 aromatic rings. The number of hydrogen-bond donors (Lipinski definition) is 1. The van der Waals surface area contributed by atoms with Crippen LogP contribution in [0.15, 0.2) is 54.6 Å². The second-order valence-corrected chi connectivity index (χ2v) is 5.17. The molecule has 0 aliphatic heterocycles. The van der Waals surface area contributed by atoms with Crippen LogP contribution >= 0.6 is 9.47 Å². The molecule has 1 unspecified atom stereocenters. The van der Waals surface area contributed by atoms with E-state index in [1.165, 1.54) is 17.5 Å². The lowest BCUT2D eigenvalue weighted by atomic mass is 10.0. The van der Waals surface area contributed by atoms with Gasteiger partial charge >= 0.3 is 0 Å². The van der Waals surface area contributed by atoms with Crippen molar-refractivity contribution in [3.05, 3.63) is 71.3 Å². The van der Waals surface area contributed by atoms with Crippen LogP contribution in [0.5, 0.6) is 0 Å². The van der Waals surface area contributed by atoms with Crippen LogP contribution < -0.4 is 5.48 Å². The third kappa shape index (κ3) is 5.30. The van der Waals surface area contributed by atoms with Crippen molar-refractivity contribution in [2.24, 2.45) is 0 Å². The third-order valence-electron chi connectivity index (χ3n) is 3.39. The highest BCUT2D eigenvalue weighted by Crippen LogP contribution is 2.10. The zero-order valence-electron chi connectivity index (χ0n) is 11.9. The third-order valence-corrected chi connectivity index (χ3v) is 3.51. The van der Waals surface area contributed by atoms with E-state index in [1.807, 2.05) is 39.8 Å². The minimum Gasteiger partial charge on any atom is -0.267 e. The van der Waals surface area contributed by atoms with Crippen LogP contribution in [-0.4, -0.2) is 5.91 Å². The van der Waals surface area contributed by atoms with Crippen LogP contribution in [0.25, 0.3) is 0 Å². The zero-order chi connectivity index (χ0) is 14.9. The van der Waals surface area contributed by atoms with E-state index in [4.69, 9.17) is 0 Å². The standard InChI is InChI=1S/C17H20NO2P/c19-17(18-20-21)16-12-10-15(11-13-16)9-5-4-8-14-6-2-1-3-7-14/h1-3,6-7,10-13H,4-5,8-9,21H2,(H,18,19).